The summed E-state index contributed by atoms with van der Waals surface area (Å²) in [4.78, 5) is 40.8. The van der Waals surface area contributed by atoms with Crippen LogP contribution in [0.2, 0.25) is 0 Å². The number of Topliss-reactive ketones (excluding diaryl/α,β-unsaturated/α-hetero) is 1. The molecule has 0 bridgehead atoms. The highest BCUT2D eigenvalue weighted by molar-refractivity contribution is 5.99. The van der Waals surface area contributed by atoms with Crippen LogP contribution in [0, 0.1) is 47.3 Å². The normalized spacial score (nSPS) is 43.5. The van der Waals surface area contributed by atoms with Gasteiger partial charge in [0.2, 0.25) is 0 Å². The van der Waals surface area contributed by atoms with Gasteiger partial charge in [-0.25, -0.2) is 0 Å². The molecular formula is C43H61NO10. The maximum atomic E-state index is 14.7. The standard InChI is InChI=1S/C43H61NO10/c1-8-26-15-12-16-35(52-24(4)45)22(2)39(47)33-19-30-28-17-27(54-43-42(50-7)41(49-6)40(48-5)23(3)51-43)18-29(28)31-20-34(44-25-13-10-9-11-14-25)38(31)37(30)32(33)21-36(46)53-26/h9-11,13-14,19,22-23,26-32,34-35,37-38,40-44H,8,12,15-18,20-21H2,1-7H3/t22-,23?,26+,27+,28-,29-,30+,31+,32-,34?,35+,37-,38-,40+,41?,42?,43+/m1/s1. The van der Waals surface area contributed by atoms with Gasteiger partial charge in [-0.05, 0) is 105 Å². The van der Waals surface area contributed by atoms with E-state index < -0.39 is 24.4 Å². The Kier molecular flexibility index (Phi) is 12.2. The number of nitrogens with one attached hydrogen (secondary N) is 1. The van der Waals surface area contributed by atoms with Crippen LogP contribution in [-0.2, 0) is 47.5 Å². The molecule has 0 amide bonds. The first-order chi connectivity index (χ1) is 26.1. The number of rotatable bonds is 9. The van der Waals surface area contributed by atoms with Gasteiger partial charge in [-0.15, -0.1) is 0 Å². The fraction of sp³-hybridized carbons (Fsp3) is 0.744. The minimum atomic E-state index is -0.620. The minimum absolute atomic E-state index is 0.0160. The highest BCUT2D eigenvalue weighted by Crippen LogP contribution is 2.66. The van der Waals surface area contributed by atoms with E-state index in [1.165, 1.54) is 6.92 Å². The van der Waals surface area contributed by atoms with Crippen molar-refractivity contribution in [3.05, 3.63) is 42.0 Å². The Morgan fingerprint density at radius 1 is 0.889 bits per heavy atom. The molecule has 298 valence electrons. The van der Waals surface area contributed by atoms with Gasteiger partial charge in [-0.3, -0.25) is 14.4 Å². The molecule has 54 heavy (non-hydrogen) atoms. The predicted molar refractivity (Wildman–Crippen MR) is 200 cm³/mol. The van der Waals surface area contributed by atoms with Gasteiger partial charge in [0.1, 0.15) is 30.5 Å². The Bertz CT molecular complexity index is 1520. The fourth-order valence-corrected chi connectivity index (χ4v) is 11.6. The number of anilines is 1. The molecular weight excluding hydrogens is 690 g/mol. The molecule has 2 aliphatic heterocycles. The van der Waals surface area contributed by atoms with E-state index in [0.717, 1.165) is 24.9 Å². The van der Waals surface area contributed by atoms with Crippen LogP contribution in [0.5, 0.6) is 0 Å². The number of methoxy groups -OCH3 is 3. The van der Waals surface area contributed by atoms with Crippen molar-refractivity contribution in [3.8, 4) is 0 Å². The molecule has 0 radical (unpaired) electrons. The lowest BCUT2D eigenvalue weighted by atomic mass is 9.47. The zero-order valence-electron chi connectivity index (χ0n) is 33.0. The van der Waals surface area contributed by atoms with E-state index in [4.69, 9.17) is 33.2 Å². The summed E-state index contributed by atoms with van der Waals surface area (Å²) >= 11 is 0. The van der Waals surface area contributed by atoms with E-state index in [1.54, 1.807) is 21.3 Å². The monoisotopic (exact) mass is 751 g/mol. The molecule has 6 aliphatic rings. The highest BCUT2D eigenvalue weighted by Gasteiger charge is 2.64. The van der Waals surface area contributed by atoms with E-state index >= 15 is 0 Å². The summed E-state index contributed by atoms with van der Waals surface area (Å²) in [6.45, 7) is 7.31. The summed E-state index contributed by atoms with van der Waals surface area (Å²) in [6.07, 6.45) is 4.93. The zero-order valence-corrected chi connectivity index (χ0v) is 33.0. The third kappa shape index (κ3) is 7.52. The van der Waals surface area contributed by atoms with Crippen LogP contribution in [-0.4, -0.2) is 94.1 Å². The van der Waals surface area contributed by atoms with Gasteiger partial charge in [-0.1, -0.05) is 38.1 Å². The predicted octanol–water partition coefficient (Wildman–Crippen LogP) is 6.14. The number of hydrogen-bond donors (Lipinski definition) is 1. The number of allylic oxidation sites excluding steroid dienone is 2. The summed E-state index contributed by atoms with van der Waals surface area (Å²) in [7, 11) is 4.98. The molecule has 11 heteroatoms. The van der Waals surface area contributed by atoms with Gasteiger partial charge in [0.05, 0.1) is 24.5 Å². The van der Waals surface area contributed by atoms with Crippen LogP contribution >= 0.6 is 0 Å². The first-order valence-corrected chi connectivity index (χ1v) is 20.4. The van der Waals surface area contributed by atoms with Crippen molar-refractivity contribution >= 4 is 23.4 Å². The SMILES string of the molecule is CC[C@H]1CCC[C@H](OC(C)=O)[C@@H](C)C(=O)C2=C[C@H]3[C@@H]4C[C@H](O[C@@H]5OC(C)[C@H](OC)C(OC)C5OC)C[C@H]4[C@@H]4CC(Nc5ccccc5)[C@@H]4[C@H]3[C@@H]2CC(=O)O1. The van der Waals surface area contributed by atoms with Gasteiger partial charge in [0.25, 0.3) is 0 Å². The van der Waals surface area contributed by atoms with Gasteiger partial charge >= 0.3 is 11.9 Å². The second-order valence-electron chi connectivity index (χ2n) is 16.8. The van der Waals surface area contributed by atoms with Gasteiger partial charge in [-0.2, -0.15) is 0 Å². The third-order valence-electron chi connectivity index (χ3n) is 14.0. The second-order valence-corrected chi connectivity index (χ2v) is 16.8. The molecule has 4 unspecified atom stereocenters. The van der Waals surface area contributed by atoms with E-state index in [1.807, 2.05) is 39.0 Å². The van der Waals surface area contributed by atoms with Gasteiger partial charge in [0.15, 0.2) is 12.1 Å². The Balaban J connectivity index is 1.22. The molecule has 17 atom stereocenters. The number of ketones is 1. The molecule has 4 aliphatic carbocycles. The molecule has 2 saturated heterocycles. The minimum Gasteiger partial charge on any atom is -0.462 e. The Hall–Kier alpha value is -2.83. The quantitative estimate of drug-likeness (QED) is 0.293. The third-order valence-corrected chi connectivity index (χ3v) is 14.0. The van der Waals surface area contributed by atoms with E-state index in [2.05, 4.69) is 23.5 Å². The van der Waals surface area contributed by atoms with Gasteiger partial charge in [0, 0.05) is 45.9 Å². The van der Waals surface area contributed by atoms with Crippen LogP contribution < -0.4 is 5.32 Å². The number of cyclic esters (lactones) is 1. The average Bonchev–Trinajstić information content (AvgIpc) is 3.72. The number of carbonyl (C=O) groups excluding carboxylic acids is 3. The molecule has 0 spiro atoms. The van der Waals surface area contributed by atoms with Crippen molar-refractivity contribution in [2.24, 2.45) is 47.3 Å². The number of esters is 2. The molecule has 1 N–H and O–H groups in total. The number of carbonyl (C=O) groups is 3. The summed E-state index contributed by atoms with van der Waals surface area (Å²) in [5.74, 6) is 0.0514. The molecule has 3 saturated carbocycles. The second kappa shape index (κ2) is 16.7. The maximum absolute atomic E-state index is 14.7. The first kappa shape index (κ1) is 39.4. The lowest BCUT2D eigenvalue weighted by Crippen LogP contribution is -2.60. The summed E-state index contributed by atoms with van der Waals surface area (Å²) < 4.78 is 42.8. The van der Waals surface area contributed by atoms with Crippen molar-refractivity contribution in [3.63, 3.8) is 0 Å². The molecule has 1 aromatic carbocycles. The highest BCUT2D eigenvalue weighted by atomic mass is 16.7. The van der Waals surface area contributed by atoms with Crippen LogP contribution in [0.4, 0.5) is 5.69 Å². The van der Waals surface area contributed by atoms with Gasteiger partial charge < -0.3 is 38.5 Å². The topological polar surface area (TPSA) is 128 Å². The van der Waals surface area contributed by atoms with Crippen LogP contribution in [0.25, 0.3) is 0 Å². The Morgan fingerprint density at radius 2 is 1.61 bits per heavy atom. The largest absolute Gasteiger partial charge is 0.462 e. The Labute approximate surface area is 320 Å². The summed E-state index contributed by atoms with van der Waals surface area (Å²) in [5, 5.41) is 3.85. The van der Waals surface area contributed by atoms with E-state index in [0.29, 0.717) is 43.1 Å². The number of para-hydroxylation sites is 1. The number of hydrogen-bond acceptors (Lipinski definition) is 11. The first-order valence-electron chi connectivity index (χ1n) is 20.4. The van der Waals surface area contributed by atoms with Crippen LogP contribution in [0.15, 0.2) is 42.0 Å². The molecule has 0 aromatic heterocycles. The lowest BCUT2D eigenvalue weighted by molar-refractivity contribution is -0.314. The maximum Gasteiger partial charge on any atom is 0.306 e. The molecule has 7 rings (SSSR count). The van der Waals surface area contributed by atoms with E-state index in [-0.39, 0.29) is 90.3 Å². The molecule has 2 heterocycles. The number of fused-ring (bicyclic) bond motifs is 8. The number of ether oxygens (including phenoxy) is 7. The fourth-order valence-electron chi connectivity index (χ4n) is 11.6. The molecule has 5 fully saturated rings. The summed E-state index contributed by atoms with van der Waals surface area (Å²) in [5.41, 5.74) is 1.79. The summed E-state index contributed by atoms with van der Waals surface area (Å²) in [6, 6.07) is 10.5. The Morgan fingerprint density at radius 3 is 2.30 bits per heavy atom. The zero-order chi connectivity index (χ0) is 38.3. The van der Waals surface area contributed by atoms with Crippen molar-refractivity contribution in [2.45, 2.75) is 134 Å². The number of benzene rings is 1. The molecule has 11 nitrogen and oxygen atoms in total. The van der Waals surface area contributed by atoms with Crippen molar-refractivity contribution in [1.82, 2.24) is 0 Å². The van der Waals surface area contributed by atoms with Crippen LogP contribution in [0.1, 0.15) is 79.1 Å². The smallest absolute Gasteiger partial charge is 0.306 e. The lowest BCUT2D eigenvalue weighted by Gasteiger charge is -2.59. The van der Waals surface area contributed by atoms with Crippen molar-refractivity contribution in [1.29, 1.82) is 0 Å². The van der Waals surface area contributed by atoms with Crippen LogP contribution in [0.3, 0.4) is 0 Å². The van der Waals surface area contributed by atoms with E-state index in [9.17, 15) is 14.4 Å². The van der Waals surface area contributed by atoms with Crippen molar-refractivity contribution in [2.75, 3.05) is 26.6 Å². The van der Waals surface area contributed by atoms with Crippen molar-refractivity contribution < 1.29 is 47.5 Å². The molecule has 1 aromatic rings. The average molecular weight is 752 g/mol.